The molecule has 0 N–H and O–H groups in total. The third kappa shape index (κ3) is 3.39. The van der Waals surface area contributed by atoms with Crippen molar-refractivity contribution in [3.63, 3.8) is 0 Å². The average molecular weight is 166 g/mol. The molecular weight excluding hydrogens is 152 g/mol. The third-order valence-electron chi connectivity index (χ3n) is 1.43. The Balaban J connectivity index is 2.16. The van der Waals surface area contributed by atoms with Crippen LogP contribution in [0.1, 0.15) is 19.6 Å². The number of allylic oxidation sites excluding steroid dienone is 1. The summed E-state index contributed by atoms with van der Waals surface area (Å²) in [6, 6.07) is 3.77. The molecule has 0 aliphatic heterocycles. The maximum absolute atomic E-state index is 5.32. The predicted molar refractivity (Wildman–Crippen MR) is 47.8 cm³/mol. The van der Waals surface area contributed by atoms with Crippen LogP contribution in [0, 0.1) is 0 Å². The Hall–Kier alpha value is -1.02. The minimum atomic E-state index is 0.552. The van der Waals surface area contributed by atoms with Crippen molar-refractivity contribution < 1.29 is 9.15 Å². The zero-order chi connectivity index (χ0) is 8.81. The summed E-state index contributed by atoms with van der Waals surface area (Å²) in [5.74, 6) is 0.872. The van der Waals surface area contributed by atoms with Crippen LogP contribution in [0.5, 0.6) is 0 Å². The Morgan fingerprint density at radius 2 is 2.42 bits per heavy atom. The molecule has 0 amide bonds. The van der Waals surface area contributed by atoms with Gasteiger partial charge in [0.25, 0.3) is 0 Å². The van der Waals surface area contributed by atoms with E-state index in [9.17, 15) is 0 Å². The molecule has 1 aromatic heterocycles. The van der Waals surface area contributed by atoms with Gasteiger partial charge < -0.3 is 9.15 Å². The topological polar surface area (TPSA) is 22.4 Å². The lowest BCUT2D eigenvalue weighted by molar-refractivity contribution is 0.131. The maximum Gasteiger partial charge on any atom is 0.129 e. The van der Waals surface area contributed by atoms with Gasteiger partial charge in [-0.05, 0) is 26.0 Å². The van der Waals surface area contributed by atoms with Crippen molar-refractivity contribution in [2.45, 2.75) is 20.5 Å². The van der Waals surface area contributed by atoms with Gasteiger partial charge >= 0.3 is 0 Å². The summed E-state index contributed by atoms with van der Waals surface area (Å²) >= 11 is 0. The van der Waals surface area contributed by atoms with Crippen molar-refractivity contribution in [2.75, 3.05) is 6.61 Å². The molecule has 2 heteroatoms. The van der Waals surface area contributed by atoms with Crippen LogP contribution in [0.4, 0.5) is 0 Å². The third-order valence-corrected chi connectivity index (χ3v) is 1.43. The summed E-state index contributed by atoms with van der Waals surface area (Å²) in [5.41, 5.74) is 1.27. The van der Waals surface area contributed by atoms with Crippen LogP contribution in [-0.2, 0) is 11.3 Å². The fraction of sp³-hybridized carbons (Fsp3) is 0.400. The highest BCUT2D eigenvalue weighted by molar-refractivity contribution is 4.97. The molecule has 0 bridgehead atoms. The molecule has 0 aromatic carbocycles. The molecule has 0 unspecified atom stereocenters. The molecule has 0 saturated heterocycles. The Morgan fingerprint density at radius 3 is 3.00 bits per heavy atom. The molecule has 0 aliphatic carbocycles. The first-order valence-corrected chi connectivity index (χ1v) is 4.02. The minimum absolute atomic E-state index is 0.552. The van der Waals surface area contributed by atoms with E-state index in [4.69, 9.17) is 9.15 Å². The van der Waals surface area contributed by atoms with Gasteiger partial charge in [0.15, 0.2) is 0 Å². The normalized spacial score (nSPS) is 9.83. The number of rotatable bonds is 4. The summed E-state index contributed by atoms with van der Waals surface area (Å²) in [5, 5.41) is 0. The fourth-order valence-electron chi connectivity index (χ4n) is 0.780. The van der Waals surface area contributed by atoms with Gasteiger partial charge in [-0.15, -0.1) is 0 Å². The van der Waals surface area contributed by atoms with Gasteiger partial charge in [0.2, 0.25) is 0 Å². The number of hydrogen-bond donors (Lipinski definition) is 0. The van der Waals surface area contributed by atoms with Crippen LogP contribution in [-0.4, -0.2) is 6.61 Å². The molecule has 12 heavy (non-hydrogen) atoms. The molecule has 1 rings (SSSR count). The van der Waals surface area contributed by atoms with E-state index in [1.54, 1.807) is 6.26 Å². The van der Waals surface area contributed by atoms with E-state index in [2.05, 4.69) is 13.8 Å². The zero-order valence-electron chi connectivity index (χ0n) is 7.54. The highest BCUT2D eigenvalue weighted by Crippen LogP contribution is 2.01. The molecule has 1 aromatic rings. The number of furan rings is 1. The van der Waals surface area contributed by atoms with Crippen LogP contribution < -0.4 is 0 Å². The second-order valence-electron chi connectivity index (χ2n) is 2.88. The van der Waals surface area contributed by atoms with E-state index in [1.807, 2.05) is 18.2 Å². The van der Waals surface area contributed by atoms with Crippen LogP contribution in [0.2, 0.25) is 0 Å². The average Bonchev–Trinajstić information content (AvgIpc) is 2.49. The lowest BCUT2D eigenvalue weighted by Gasteiger charge is -1.97. The summed E-state index contributed by atoms with van der Waals surface area (Å²) < 4.78 is 10.4. The lowest BCUT2D eigenvalue weighted by Crippen LogP contribution is -1.91. The molecule has 0 fully saturated rings. The van der Waals surface area contributed by atoms with Crippen molar-refractivity contribution in [3.8, 4) is 0 Å². The maximum atomic E-state index is 5.32. The number of hydrogen-bond acceptors (Lipinski definition) is 2. The van der Waals surface area contributed by atoms with Crippen LogP contribution in [0.25, 0.3) is 0 Å². The lowest BCUT2D eigenvalue weighted by atomic mass is 10.3. The zero-order valence-corrected chi connectivity index (χ0v) is 7.54. The Labute approximate surface area is 72.8 Å². The standard InChI is InChI=1S/C10H14O2/c1-9(2)5-7-11-8-10-4-3-6-12-10/h3-6H,7-8H2,1-2H3. The molecule has 0 radical (unpaired) electrons. The first-order valence-electron chi connectivity index (χ1n) is 4.02. The van der Waals surface area contributed by atoms with Gasteiger partial charge in [0.1, 0.15) is 12.4 Å². The van der Waals surface area contributed by atoms with Crippen molar-refractivity contribution in [1.29, 1.82) is 0 Å². The monoisotopic (exact) mass is 166 g/mol. The quantitative estimate of drug-likeness (QED) is 0.507. The van der Waals surface area contributed by atoms with Crippen molar-refractivity contribution in [2.24, 2.45) is 0 Å². The molecule has 2 nitrogen and oxygen atoms in total. The SMILES string of the molecule is CC(C)=CCOCc1ccco1. The van der Waals surface area contributed by atoms with E-state index < -0.39 is 0 Å². The predicted octanol–water partition coefficient (Wildman–Crippen LogP) is 2.76. The first kappa shape index (κ1) is 9.07. The van der Waals surface area contributed by atoms with Gasteiger partial charge in [-0.1, -0.05) is 11.6 Å². The van der Waals surface area contributed by atoms with Crippen molar-refractivity contribution in [3.05, 3.63) is 35.8 Å². The minimum Gasteiger partial charge on any atom is -0.467 e. The first-order chi connectivity index (χ1) is 5.79. The fourth-order valence-corrected chi connectivity index (χ4v) is 0.780. The van der Waals surface area contributed by atoms with Crippen LogP contribution >= 0.6 is 0 Å². The second-order valence-corrected chi connectivity index (χ2v) is 2.88. The molecule has 0 saturated carbocycles. The van der Waals surface area contributed by atoms with Crippen LogP contribution in [0.3, 0.4) is 0 Å². The van der Waals surface area contributed by atoms with Crippen molar-refractivity contribution in [1.82, 2.24) is 0 Å². The van der Waals surface area contributed by atoms with Gasteiger partial charge in [-0.25, -0.2) is 0 Å². The Bertz CT molecular complexity index is 230. The molecule has 0 spiro atoms. The largest absolute Gasteiger partial charge is 0.467 e. The smallest absolute Gasteiger partial charge is 0.129 e. The van der Waals surface area contributed by atoms with Crippen LogP contribution in [0.15, 0.2) is 34.5 Å². The van der Waals surface area contributed by atoms with E-state index in [0.717, 1.165) is 5.76 Å². The summed E-state index contributed by atoms with van der Waals surface area (Å²) in [6.45, 7) is 5.31. The molecular formula is C10H14O2. The van der Waals surface area contributed by atoms with E-state index >= 15 is 0 Å². The molecule has 66 valence electrons. The molecule has 0 atom stereocenters. The Morgan fingerprint density at radius 1 is 1.58 bits per heavy atom. The van der Waals surface area contributed by atoms with Gasteiger partial charge in [0, 0.05) is 0 Å². The number of ether oxygens (including phenoxy) is 1. The molecule has 1 heterocycles. The molecule has 0 aliphatic rings. The van der Waals surface area contributed by atoms with Crippen molar-refractivity contribution >= 4 is 0 Å². The second kappa shape index (κ2) is 4.78. The van der Waals surface area contributed by atoms with Gasteiger partial charge in [-0.2, -0.15) is 0 Å². The summed E-state index contributed by atoms with van der Waals surface area (Å²) in [6.07, 6.45) is 3.70. The highest BCUT2D eigenvalue weighted by atomic mass is 16.5. The highest BCUT2D eigenvalue weighted by Gasteiger charge is 1.92. The van der Waals surface area contributed by atoms with Gasteiger partial charge in [0.05, 0.1) is 12.9 Å². The Kier molecular flexibility index (Phi) is 3.61. The summed E-state index contributed by atoms with van der Waals surface area (Å²) in [7, 11) is 0. The van der Waals surface area contributed by atoms with E-state index in [0.29, 0.717) is 13.2 Å². The summed E-state index contributed by atoms with van der Waals surface area (Å²) in [4.78, 5) is 0. The van der Waals surface area contributed by atoms with Gasteiger partial charge in [-0.3, -0.25) is 0 Å². The van der Waals surface area contributed by atoms with E-state index in [1.165, 1.54) is 5.57 Å². The van der Waals surface area contributed by atoms with E-state index in [-0.39, 0.29) is 0 Å².